The number of nitrogens with one attached hydrogen (secondary N) is 2. The normalized spacial score (nSPS) is 10.1. The summed E-state index contributed by atoms with van der Waals surface area (Å²) >= 11 is 5.81. The quantitative estimate of drug-likeness (QED) is 0.897. The summed E-state index contributed by atoms with van der Waals surface area (Å²) in [6.07, 6.45) is 0. The van der Waals surface area contributed by atoms with Gasteiger partial charge in [-0.15, -0.1) is 0 Å². The van der Waals surface area contributed by atoms with Crippen LogP contribution in [0, 0.1) is 6.92 Å². The Morgan fingerprint density at radius 3 is 2.94 bits per heavy atom. The van der Waals surface area contributed by atoms with E-state index < -0.39 is 0 Å². The van der Waals surface area contributed by atoms with E-state index in [1.54, 1.807) is 30.3 Å². The fraction of sp³-hybridized carbons (Fsp3) is 0.167. The van der Waals surface area contributed by atoms with E-state index in [1.165, 1.54) is 0 Å². The first-order chi connectivity index (χ1) is 8.63. The maximum Gasteiger partial charge on any atom is 0.319 e. The molecule has 2 amide bonds. The van der Waals surface area contributed by atoms with Gasteiger partial charge in [0.05, 0.1) is 12.2 Å². The highest BCUT2D eigenvalue weighted by Crippen LogP contribution is 2.14. The average molecular weight is 266 g/mol. The second-order valence-electron chi connectivity index (χ2n) is 3.75. The van der Waals surface area contributed by atoms with Gasteiger partial charge in [0.2, 0.25) is 0 Å². The molecule has 0 fully saturated rings. The van der Waals surface area contributed by atoms with Crippen molar-refractivity contribution in [2.24, 2.45) is 0 Å². The number of carbonyl (C=O) groups is 1. The van der Waals surface area contributed by atoms with Crippen LogP contribution >= 0.6 is 11.6 Å². The molecule has 0 aliphatic carbocycles. The molecule has 1 heterocycles. The van der Waals surface area contributed by atoms with E-state index in [1.807, 2.05) is 6.92 Å². The lowest BCUT2D eigenvalue weighted by Crippen LogP contribution is -2.27. The molecule has 0 atom stereocenters. The van der Waals surface area contributed by atoms with Gasteiger partial charge in [0, 0.05) is 16.8 Å². The minimum absolute atomic E-state index is 0.285. The molecule has 2 rings (SSSR count). The Bertz CT molecular complexity index is 554. The van der Waals surface area contributed by atoms with Gasteiger partial charge >= 0.3 is 6.03 Å². The van der Waals surface area contributed by atoms with Crippen LogP contribution in [0.2, 0.25) is 5.02 Å². The molecule has 0 spiro atoms. The highest BCUT2D eigenvalue weighted by Gasteiger charge is 2.04. The van der Waals surface area contributed by atoms with Crippen molar-refractivity contribution in [1.29, 1.82) is 0 Å². The second-order valence-corrected chi connectivity index (χ2v) is 4.19. The van der Waals surface area contributed by atoms with Crippen molar-refractivity contribution in [2.75, 3.05) is 5.32 Å². The van der Waals surface area contributed by atoms with E-state index in [4.69, 9.17) is 16.1 Å². The van der Waals surface area contributed by atoms with Gasteiger partial charge in [0.25, 0.3) is 0 Å². The minimum Gasteiger partial charge on any atom is -0.359 e. The Morgan fingerprint density at radius 1 is 1.44 bits per heavy atom. The van der Waals surface area contributed by atoms with Crippen LogP contribution in [-0.4, -0.2) is 11.2 Å². The summed E-state index contributed by atoms with van der Waals surface area (Å²) in [7, 11) is 0. The van der Waals surface area contributed by atoms with E-state index in [-0.39, 0.29) is 12.6 Å². The van der Waals surface area contributed by atoms with E-state index in [0.717, 1.165) is 5.69 Å². The number of nitrogens with zero attached hydrogens (tertiary/aromatic N) is 1. The Balaban J connectivity index is 1.85. The monoisotopic (exact) mass is 265 g/mol. The van der Waals surface area contributed by atoms with Gasteiger partial charge in [-0.2, -0.15) is 0 Å². The lowest BCUT2D eigenvalue weighted by atomic mass is 10.3. The van der Waals surface area contributed by atoms with Gasteiger partial charge in [-0.05, 0) is 25.1 Å². The van der Waals surface area contributed by atoms with E-state index in [2.05, 4.69) is 15.8 Å². The Labute approximate surface area is 109 Å². The van der Waals surface area contributed by atoms with E-state index in [0.29, 0.717) is 16.5 Å². The zero-order valence-corrected chi connectivity index (χ0v) is 10.5. The molecule has 0 radical (unpaired) electrons. The summed E-state index contributed by atoms with van der Waals surface area (Å²) in [5.41, 5.74) is 1.41. The average Bonchev–Trinajstić information content (AvgIpc) is 2.73. The van der Waals surface area contributed by atoms with Gasteiger partial charge in [-0.1, -0.05) is 22.8 Å². The molecule has 0 saturated carbocycles. The standard InChI is InChI=1S/C12H12ClN3O2/c1-8-5-11(18-16-8)7-14-12(17)15-10-4-2-3-9(13)6-10/h2-6H,7H2,1H3,(H2,14,15,17). The molecule has 2 aromatic rings. The van der Waals surface area contributed by atoms with Crippen LogP contribution in [0.4, 0.5) is 10.5 Å². The first-order valence-electron chi connectivity index (χ1n) is 5.36. The molecule has 6 heteroatoms. The smallest absolute Gasteiger partial charge is 0.319 e. The van der Waals surface area contributed by atoms with Gasteiger partial charge < -0.3 is 15.2 Å². The van der Waals surface area contributed by atoms with Gasteiger partial charge in [0.1, 0.15) is 0 Å². The predicted molar refractivity (Wildman–Crippen MR) is 68.6 cm³/mol. The molecular weight excluding hydrogens is 254 g/mol. The van der Waals surface area contributed by atoms with Crippen LogP contribution in [0.25, 0.3) is 0 Å². The Hall–Kier alpha value is -2.01. The zero-order chi connectivity index (χ0) is 13.0. The lowest BCUT2D eigenvalue weighted by Gasteiger charge is -2.06. The molecule has 18 heavy (non-hydrogen) atoms. The van der Waals surface area contributed by atoms with Crippen LogP contribution in [0.1, 0.15) is 11.5 Å². The highest BCUT2D eigenvalue weighted by molar-refractivity contribution is 6.30. The number of urea groups is 1. The van der Waals surface area contributed by atoms with Crippen LogP contribution in [0.15, 0.2) is 34.9 Å². The molecule has 0 unspecified atom stereocenters. The predicted octanol–water partition coefficient (Wildman–Crippen LogP) is 2.96. The van der Waals surface area contributed by atoms with Crippen LogP contribution in [0.3, 0.4) is 0 Å². The molecule has 5 nitrogen and oxygen atoms in total. The number of anilines is 1. The fourth-order valence-electron chi connectivity index (χ4n) is 1.41. The van der Waals surface area contributed by atoms with Crippen molar-refractivity contribution in [3.05, 3.63) is 46.8 Å². The SMILES string of the molecule is Cc1cc(CNC(=O)Nc2cccc(Cl)c2)on1. The molecule has 0 bridgehead atoms. The number of aryl methyl sites for hydroxylation is 1. The first kappa shape index (κ1) is 12.4. The molecule has 94 valence electrons. The van der Waals surface area contributed by atoms with Crippen molar-refractivity contribution < 1.29 is 9.32 Å². The van der Waals surface area contributed by atoms with Gasteiger partial charge in [-0.25, -0.2) is 4.79 Å². The maximum atomic E-state index is 11.6. The van der Waals surface area contributed by atoms with Crippen molar-refractivity contribution >= 4 is 23.3 Å². The zero-order valence-electron chi connectivity index (χ0n) is 9.74. The van der Waals surface area contributed by atoms with Crippen molar-refractivity contribution in [3.63, 3.8) is 0 Å². The summed E-state index contributed by atoms with van der Waals surface area (Å²) in [5, 5.41) is 9.61. The summed E-state index contributed by atoms with van der Waals surface area (Å²) < 4.78 is 4.97. The number of hydrogen-bond donors (Lipinski definition) is 2. The summed E-state index contributed by atoms with van der Waals surface area (Å²) in [6.45, 7) is 2.10. The van der Waals surface area contributed by atoms with E-state index in [9.17, 15) is 4.79 Å². The third-order valence-corrected chi connectivity index (χ3v) is 2.42. The summed E-state index contributed by atoms with van der Waals surface area (Å²) in [5.74, 6) is 0.605. The third-order valence-electron chi connectivity index (χ3n) is 2.18. The van der Waals surface area contributed by atoms with Crippen LogP contribution < -0.4 is 10.6 Å². The molecule has 0 saturated heterocycles. The molecule has 1 aromatic carbocycles. The summed E-state index contributed by atoms with van der Waals surface area (Å²) in [6, 6.07) is 8.36. The van der Waals surface area contributed by atoms with Crippen LogP contribution in [0.5, 0.6) is 0 Å². The molecule has 0 aliphatic heterocycles. The number of aromatic nitrogens is 1. The van der Waals surface area contributed by atoms with Crippen molar-refractivity contribution in [1.82, 2.24) is 10.5 Å². The van der Waals surface area contributed by atoms with Crippen molar-refractivity contribution in [2.45, 2.75) is 13.5 Å². The molecular formula is C12H12ClN3O2. The summed E-state index contributed by atoms with van der Waals surface area (Å²) in [4.78, 5) is 11.6. The number of benzene rings is 1. The molecule has 0 aliphatic rings. The lowest BCUT2D eigenvalue weighted by molar-refractivity contribution is 0.250. The number of rotatable bonds is 3. The number of halogens is 1. The maximum absolute atomic E-state index is 11.6. The number of carbonyl (C=O) groups excluding carboxylic acids is 1. The van der Waals surface area contributed by atoms with E-state index >= 15 is 0 Å². The Kier molecular flexibility index (Phi) is 3.84. The van der Waals surface area contributed by atoms with Crippen LogP contribution in [-0.2, 0) is 6.54 Å². The number of hydrogen-bond acceptors (Lipinski definition) is 3. The second kappa shape index (κ2) is 5.55. The topological polar surface area (TPSA) is 67.2 Å². The minimum atomic E-state index is -0.327. The largest absolute Gasteiger partial charge is 0.359 e. The van der Waals surface area contributed by atoms with Gasteiger partial charge in [-0.3, -0.25) is 0 Å². The fourth-order valence-corrected chi connectivity index (χ4v) is 1.60. The first-order valence-corrected chi connectivity index (χ1v) is 5.74. The third kappa shape index (κ3) is 3.49. The number of amides is 2. The van der Waals surface area contributed by atoms with Gasteiger partial charge in [0.15, 0.2) is 5.76 Å². The highest BCUT2D eigenvalue weighted by atomic mass is 35.5. The Morgan fingerprint density at radius 2 is 2.28 bits per heavy atom. The molecule has 2 N–H and O–H groups in total. The van der Waals surface area contributed by atoms with Crippen molar-refractivity contribution in [3.8, 4) is 0 Å². The molecule has 1 aromatic heterocycles.